The van der Waals surface area contributed by atoms with Crippen LogP contribution >= 0.6 is 0 Å². The highest BCUT2D eigenvalue weighted by Gasteiger charge is 2.52. The van der Waals surface area contributed by atoms with Gasteiger partial charge in [-0.2, -0.15) is 13.2 Å². The minimum Gasteiger partial charge on any atom is -0.476 e. The van der Waals surface area contributed by atoms with Crippen molar-refractivity contribution in [3.8, 4) is 5.75 Å². The van der Waals surface area contributed by atoms with Crippen LogP contribution in [0.1, 0.15) is 56.9 Å². The van der Waals surface area contributed by atoms with Crippen LogP contribution in [-0.4, -0.2) is 40.6 Å². The van der Waals surface area contributed by atoms with Crippen LogP contribution in [-0.2, 0) is 27.0 Å². The zero-order valence-electron chi connectivity index (χ0n) is 21.9. The Kier molecular flexibility index (Phi) is 7.36. The van der Waals surface area contributed by atoms with Crippen LogP contribution in [0.15, 0.2) is 36.4 Å². The molecule has 200 valence electrons. The number of nitrogens with zero attached hydrogens (tertiary/aromatic N) is 2. The van der Waals surface area contributed by atoms with Crippen LogP contribution in [0.25, 0.3) is 0 Å². The van der Waals surface area contributed by atoms with Gasteiger partial charge in [-0.05, 0) is 89.4 Å². The molecule has 10 heteroatoms. The maximum Gasteiger partial charge on any atom is 0.416 e. The van der Waals surface area contributed by atoms with Crippen molar-refractivity contribution in [2.45, 2.75) is 72.3 Å². The molecule has 1 aliphatic heterocycles. The van der Waals surface area contributed by atoms with Gasteiger partial charge in [0.05, 0.1) is 17.9 Å². The molecular weight excluding hydrogens is 489 g/mol. The zero-order valence-corrected chi connectivity index (χ0v) is 21.9. The van der Waals surface area contributed by atoms with Crippen molar-refractivity contribution in [1.29, 1.82) is 0 Å². The molecule has 2 aromatic carbocycles. The van der Waals surface area contributed by atoms with Gasteiger partial charge in [-0.15, -0.1) is 0 Å². The minimum absolute atomic E-state index is 0.0656. The van der Waals surface area contributed by atoms with Gasteiger partial charge in [0.15, 0.2) is 5.60 Å². The van der Waals surface area contributed by atoms with E-state index in [1.807, 2.05) is 13.8 Å². The molecule has 1 heterocycles. The number of hydrogen-bond acceptors (Lipinski definition) is 5. The first-order valence-electron chi connectivity index (χ1n) is 11.8. The summed E-state index contributed by atoms with van der Waals surface area (Å²) < 4.78 is 49.9. The van der Waals surface area contributed by atoms with E-state index < -0.39 is 40.8 Å². The third-order valence-corrected chi connectivity index (χ3v) is 6.26. The molecule has 0 atom stereocenters. The van der Waals surface area contributed by atoms with E-state index in [-0.39, 0.29) is 18.8 Å². The maximum absolute atomic E-state index is 13.3. The van der Waals surface area contributed by atoms with E-state index in [4.69, 9.17) is 9.47 Å². The van der Waals surface area contributed by atoms with Gasteiger partial charge in [0, 0.05) is 6.54 Å². The Morgan fingerprint density at radius 2 is 1.54 bits per heavy atom. The molecule has 2 aromatic rings. The van der Waals surface area contributed by atoms with Crippen molar-refractivity contribution in [3.05, 3.63) is 58.7 Å². The number of ether oxygens (including phenoxy) is 2. The molecule has 1 saturated heterocycles. The molecule has 3 amide bonds. The van der Waals surface area contributed by atoms with Gasteiger partial charge < -0.3 is 14.4 Å². The van der Waals surface area contributed by atoms with Gasteiger partial charge in [-0.3, -0.25) is 4.79 Å². The number of alkyl halides is 3. The van der Waals surface area contributed by atoms with Gasteiger partial charge in [0.25, 0.3) is 5.91 Å². The Morgan fingerprint density at radius 1 is 1.00 bits per heavy atom. The third kappa shape index (κ3) is 5.42. The van der Waals surface area contributed by atoms with Crippen LogP contribution in [0.5, 0.6) is 5.75 Å². The highest BCUT2D eigenvalue weighted by Crippen LogP contribution is 2.37. The van der Waals surface area contributed by atoms with Crippen LogP contribution in [0.3, 0.4) is 0 Å². The lowest BCUT2D eigenvalue weighted by atomic mass is 10.0. The van der Waals surface area contributed by atoms with Crippen molar-refractivity contribution in [1.82, 2.24) is 4.90 Å². The van der Waals surface area contributed by atoms with Crippen LogP contribution in [0.2, 0.25) is 0 Å². The van der Waals surface area contributed by atoms with Crippen LogP contribution in [0, 0.1) is 13.8 Å². The number of esters is 1. The van der Waals surface area contributed by atoms with E-state index >= 15 is 0 Å². The van der Waals surface area contributed by atoms with Crippen molar-refractivity contribution in [2.75, 3.05) is 11.5 Å². The molecule has 1 fully saturated rings. The fraction of sp³-hybridized carbons (Fsp3) is 0.444. The monoisotopic (exact) mass is 520 g/mol. The molecule has 3 rings (SSSR count). The Bertz CT molecular complexity index is 1200. The summed E-state index contributed by atoms with van der Waals surface area (Å²) in [4.78, 5) is 41.0. The van der Waals surface area contributed by atoms with Crippen molar-refractivity contribution >= 4 is 23.6 Å². The van der Waals surface area contributed by atoms with Gasteiger partial charge >= 0.3 is 18.2 Å². The van der Waals surface area contributed by atoms with Gasteiger partial charge in [-0.25, -0.2) is 14.5 Å². The van der Waals surface area contributed by atoms with E-state index in [1.165, 1.54) is 4.90 Å². The fourth-order valence-corrected chi connectivity index (χ4v) is 4.20. The Balaban J connectivity index is 1.87. The summed E-state index contributed by atoms with van der Waals surface area (Å²) in [6.45, 7) is 12.1. The number of amides is 3. The quantitative estimate of drug-likeness (QED) is 0.341. The third-order valence-electron chi connectivity index (χ3n) is 6.26. The largest absolute Gasteiger partial charge is 0.476 e. The predicted molar refractivity (Wildman–Crippen MR) is 131 cm³/mol. The predicted octanol–water partition coefficient (Wildman–Crippen LogP) is 5.79. The number of halogens is 3. The number of aryl methyl sites for hydroxylation is 2. The Labute approximate surface area is 214 Å². The fourth-order valence-electron chi connectivity index (χ4n) is 4.20. The topological polar surface area (TPSA) is 76.2 Å². The van der Waals surface area contributed by atoms with Crippen molar-refractivity contribution < 1.29 is 37.0 Å². The summed E-state index contributed by atoms with van der Waals surface area (Å²) in [6.07, 6.45) is -4.53. The van der Waals surface area contributed by atoms with Gasteiger partial charge in [0.2, 0.25) is 0 Å². The lowest BCUT2D eigenvalue weighted by Crippen LogP contribution is -2.43. The SMILES string of the molecule is CCOC(=O)C(C)(C)Oc1c(C)cc(CN2C(=O)N(c3ccc(C(F)(F)F)cc3)C(=O)C2(C)C)cc1C. The van der Waals surface area contributed by atoms with Crippen LogP contribution in [0.4, 0.5) is 23.7 Å². The van der Waals surface area contributed by atoms with E-state index in [2.05, 4.69) is 0 Å². The highest BCUT2D eigenvalue weighted by molar-refractivity contribution is 6.22. The van der Waals surface area contributed by atoms with Crippen LogP contribution < -0.4 is 9.64 Å². The van der Waals surface area contributed by atoms with E-state index in [0.717, 1.165) is 45.9 Å². The molecule has 0 radical (unpaired) electrons. The van der Waals surface area contributed by atoms with Crippen molar-refractivity contribution in [3.63, 3.8) is 0 Å². The zero-order chi connectivity index (χ0) is 27.9. The second kappa shape index (κ2) is 9.72. The summed E-state index contributed by atoms with van der Waals surface area (Å²) in [6, 6.07) is 6.89. The minimum atomic E-state index is -4.53. The molecule has 0 spiro atoms. The molecule has 7 nitrogen and oxygen atoms in total. The lowest BCUT2D eigenvalue weighted by molar-refractivity contribution is -0.158. The molecule has 0 saturated carbocycles. The average molecular weight is 521 g/mol. The molecule has 0 unspecified atom stereocenters. The number of anilines is 1. The first-order valence-corrected chi connectivity index (χ1v) is 11.8. The average Bonchev–Trinajstić information content (AvgIpc) is 2.95. The summed E-state index contributed by atoms with van der Waals surface area (Å²) in [7, 11) is 0. The number of imide groups is 1. The molecule has 37 heavy (non-hydrogen) atoms. The maximum atomic E-state index is 13.3. The molecule has 1 aliphatic rings. The van der Waals surface area contributed by atoms with E-state index in [1.54, 1.807) is 46.8 Å². The normalized spacial score (nSPS) is 15.8. The molecule has 0 aliphatic carbocycles. The van der Waals surface area contributed by atoms with Gasteiger partial charge in [-0.1, -0.05) is 12.1 Å². The number of carbonyl (C=O) groups is 3. The number of rotatable bonds is 7. The van der Waals surface area contributed by atoms with Gasteiger partial charge in [0.1, 0.15) is 11.3 Å². The second-order valence-corrected chi connectivity index (χ2v) is 10.0. The van der Waals surface area contributed by atoms with E-state index in [0.29, 0.717) is 5.75 Å². The first kappa shape index (κ1) is 28.0. The smallest absolute Gasteiger partial charge is 0.416 e. The summed E-state index contributed by atoms with van der Waals surface area (Å²) >= 11 is 0. The number of carbonyl (C=O) groups excluding carboxylic acids is 3. The van der Waals surface area contributed by atoms with E-state index in [9.17, 15) is 27.6 Å². The summed E-state index contributed by atoms with van der Waals surface area (Å²) in [5.74, 6) is -0.526. The number of urea groups is 1. The molecule has 0 N–H and O–H groups in total. The summed E-state index contributed by atoms with van der Waals surface area (Å²) in [5, 5.41) is 0. The van der Waals surface area contributed by atoms with Crippen molar-refractivity contribution in [2.24, 2.45) is 0 Å². The standard InChI is InChI=1S/C27H31F3N2O5/c1-8-36-23(34)26(6,7)37-21-16(2)13-18(14-17(21)3)15-31-24(35)32(22(33)25(31,4)5)20-11-9-19(10-12-20)27(28,29)30/h9-14H,8,15H2,1-7H3. The molecule has 0 bridgehead atoms. The highest BCUT2D eigenvalue weighted by atomic mass is 19.4. The Morgan fingerprint density at radius 3 is 2.03 bits per heavy atom. The first-order chi connectivity index (χ1) is 17.0. The lowest BCUT2D eigenvalue weighted by Gasteiger charge is -2.29. The molecule has 0 aromatic heterocycles. The number of benzene rings is 2. The molecular formula is C27H31F3N2O5. The second-order valence-electron chi connectivity index (χ2n) is 10.0. The summed E-state index contributed by atoms with van der Waals surface area (Å²) in [5.41, 5.74) is -1.08. The number of hydrogen-bond donors (Lipinski definition) is 0. The Hall–Kier alpha value is -3.56.